The smallest absolute Gasteiger partial charge is 0.220 e. The second-order valence-corrected chi connectivity index (χ2v) is 7.92. The molecule has 0 aromatic carbocycles. The minimum Gasteiger partial charge on any atom is -0.381 e. The standard InChI is InChI=1S/C11H22N2O3S/c1-11(2)9-12-5-6-13(17(11,14)15)10-3-7-16-8-4-10/h10,12H,3-9H2,1-2H3. The fourth-order valence-corrected chi connectivity index (χ4v) is 4.31. The highest BCUT2D eigenvalue weighted by Crippen LogP contribution is 2.27. The fraction of sp³-hybridized carbons (Fsp3) is 1.00. The molecule has 0 radical (unpaired) electrons. The third kappa shape index (κ3) is 2.50. The van der Waals surface area contributed by atoms with E-state index < -0.39 is 14.8 Å². The number of sulfonamides is 1. The van der Waals surface area contributed by atoms with Crippen LogP contribution in [0.5, 0.6) is 0 Å². The minimum atomic E-state index is -3.22. The Labute approximate surface area is 104 Å². The van der Waals surface area contributed by atoms with Crippen LogP contribution in [0.15, 0.2) is 0 Å². The van der Waals surface area contributed by atoms with Gasteiger partial charge in [-0.1, -0.05) is 0 Å². The topological polar surface area (TPSA) is 58.6 Å². The Hall–Kier alpha value is -0.170. The number of ether oxygens (including phenoxy) is 1. The van der Waals surface area contributed by atoms with Crippen molar-refractivity contribution < 1.29 is 13.2 Å². The Morgan fingerprint density at radius 1 is 1.29 bits per heavy atom. The van der Waals surface area contributed by atoms with Gasteiger partial charge in [0.05, 0.1) is 4.75 Å². The van der Waals surface area contributed by atoms with Crippen molar-refractivity contribution in [2.75, 3.05) is 32.8 Å². The molecule has 0 spiro atoms. The van der Waals surface area contributed by atoms with Gasteiger partial charge in [-0.25, -0.2) is 8.42 Å². The van der Waals surface area contributed by atoms with Crippen molar-refractivity contribution in [3.8, 4) is 0 Å². The number of rotatable bonds is 1. The maximum absolute atomic E-state index is 12.6. The SMILES string of the molecule is CC1(C)CNCCN(C2CCOCC2)S1(=O)=O. The Bertz CT molecular complexity index is 361. The fourth-order valence-electron chi connectivity index (χ4n) is 2.46. The van der Waals surface area contributed by atoms with Crippen LogP contribution in [0.4, 0.5) is 0 Å². The summed E-state index contributed by atoms with van der Waals surface area (Å²) in [5.74, 6) is 0. The van der Waals surface area contributed by atoms with Gasteiger partial charge in [-0.2, -0.15) is 4.31 Å². The molecule has 100 valence electrons. The first-order valence-corrected chi connectivity index (χ1v) is 7.69. The molecule has 5 nitrogen and oxygen atoms in total. The predicted molar refractivity (Wildman–Crippen MR) is 66.4 cm³/mol. The normalized spacial score (nSPS) is 30.9. The molecular formula is C11H22N2O3S. The van der Waals surface area contributed by atoms with E-state index in [2.05, 4.69) is 5.32 Å². The van der Waals surface area contributed by atoms with Crippen LogP contribution < -0.4 is 5.32 Å². The maximum Gasteiger partial charge on any atom is 0.220 e. The van der Waals surface area contributed by atoms with Crippen LogP contribution in [0, 0.1) is 0 Å². The van der Waals surface area contributed by atoms with E-state index in [0.29, 0.717) is 26.3 Å². The van der Waals surface area contributed by atoms with Crippen LogP contribution in [0.2, 0.25) is 0 Å². The van der Waals surface area contributed by atoms with Gasteiger partial charge in [0.2, 0.25) is 10.0 Å². The summed E-state index contributed by atoms with van der Waals surface area (Å²) in [6, 6.07) is 0.118. The Morgan fingerprint density at radius 2 is 1.94 bits per heavy atom. The lowest BCUT2D eigenvalue weighted by atomic mass is 10.1. The van der Waals surface area contributed by atoms with Gasteiger partial charge in [0.15, 0.2) is 0 Å². The van der Waals surface area contributed by atoms with E-state index in [4.69, 9.17) is 4.74 Å². The molecule has 2 rings (SSSR count). The van der Waals surface area contributed by atoms with Crippen LogP contribution in [0.3, 0.4) is 0 Å². The largest absolute Gasteiger partial charge is 0.381 e. The van der Waals surface area contributed by atoms with Crippen LogP contribution in [-0.2, 0) is 14.8 Å². The monoisotopic (exact) mass is 262 g/mol. The van der Waals surface area contributed by atoms with Gasteiger partial charge in [-0.3, -0.25) is 0 Å². The lowest BCUT2D eigenvalue weighted by Crippen LogP contribution is -2.51. The summed E-state index contributed by atoms with van der Waals surface area (Å²) < 4.78 is 31.5. The summed E-state index contributed by atoms with van der Waals surface area (Å²) in [7, 11) is -3.22. The molecule has 0 aromatic heterocycles. The lowest BCUT2D eigenvalue weighted by molar-refractivity contribution is 0.0588. The zero-order chi connectivity index (χ0) is 12.5. The van der Waals surface area contributed by atoms with Crippen molar-refractivity contribution in [2.24, 2.45) is 0 Å². The zero-order valence-electron chi connectivity index (χ0n) is 10.6. The second-order valence-electron chi connectivity index (χ2n) is 5.40. The molecule has 2 fully saturated rings. The maximum atomic E-state index is 12.6. The molecule has 0 aliphatic carbocycles. The Balaban J connectivity index is 2.24. The average molecular weight is 262 g/mol. The molecule has 17 heavy (non-hydrogen) atoms. The molecule has 2 aliphatic heterocycles. The molecule has 2 heterocycles. The number of nitrogens with zero attached hydrogens (tertiary/aromatic N) is 1. The van der Waals surface area contributed by atoms with Crippen LogP contribution >= 0.6 is 0 Å². The van der Waals surface area contributed by atoms with Crippen molar-refractivity contribution in [1.29, 1.82) is 0 Å². The van der Waals surface area contributed by atoms with Crippen molar-refractivity contribution in [1.82, 2.24) is 9.62 Å². The van der Waals surface area contributed by atoms with E-state index in [0.717, 1.165) is 19.4 Å². The van der Waals surface area contributed by atoms with E-state index in [1.165, 1.54) is 0 Å². The van der Waals surface area contributed by atoms with E-state index in [1.54, 1.807) is 18.2 Å². The van der Waals surface area contributed by atoms with Gasteiger partial charge in [0, 0.05) is 38.9 Å². The van der Waals surface area contributed by atoms with Gasteiger partial charge in [0.25, 0.3) is 0 Å². The zero-order valence-corrected chi connectivity index (χ0v) is 11.4. The van der Waals surface area contributed by atoms with E-state index >= 15 is 0 Å². The first kappa shape index (κ1) is 13.3. The molecule has 0 atom stereocenters. The number of hydrogen-bond acceptors (Lipinski definition) is 4. The lowest BCUT2D eigenvalue weighted by Gasteiger charge is -2.36. The van der Waals surface area contributed by atoms with Gasteiger partial charge >= 0.3 is 0 Å². The Kier molecular flexibility index (Phi) is 3.77. The molecular weight excluding hydrogens is 240 g/mol. The summed E-state index contributed by atoms with van der Waals surface area (Å²) in [6.07, 6.45) is 1.63. The van der Waals surface area contributed by atoms with Gasteiger partial charge in [0.1, 0.15) is 0 Å². The molecule has 0 bridgehead atoms. The molecule has 2 saturated heterocycles. The van der Waals surface area contributed by atoms with E-state index in [-0.39, 0.29) is 6.04 Å². The summed E-state index contributed by atoms with van der Waals surface area (Å²) in [6.45, 7) is 6.78. The van der Waals surface area contributed by atoms with Crippen molar-refractivity contribution in [2.45, 2.75) is 37.5 Å². The highest BCUT2D eigenvalue weighted by atomic mass is 32.2. The highest BCUT2D eigenvalue weighted by Gasteiger charge is 2.43. The highest BCUT2D eigenvalue weighted by molar-refractivity contribution is 7.90. The summed E-state index contributed by atoms with van der Waals surface area (Å²) in [4.78, 5) is 0. The molecule has 2 aliphatic rings. The summed E-state index contributed by atoms with van der Waals surface area (Å²) >= 11 is 0. The molecule has 0 unspecified atom stereocenters. The predicted octanol–water partition coefficient (Wildman–Crippen LogP) is 0.179. The Morgan fingerprint density at radius 3 is 2.59 bits per heavy atom. The summed E-state index contributed by atoms with van der Waals surface area (Å²) in [5.41, 5.74) is 0. The van der Waals surface area contributed by atoms with Gasteiger partial charge in [-0.05, 0) is 26.7 Å². The van der Waals surface area contributed by atoms with Crippen LogP contribution in [0.1, 0.15) is 26.7 Å². The number of hydrogen-bond donors (Lipinski definition) is 1. The third-order valence-electron chi connectivity index (χ3n) is 3.66. The van der Waals surface area contributed by atoms with Crippen molar-refractivity contribution in [3.05, 3.63) is 0 Å². The summed E-state index contributed by atoms with van der Waals surface area (Å²) in [5, 5.41) is 3.21. The minimum absolute atomic E-state index is 0.118. The molecule has 1 N–H and O–H groups in total. The number of nitrogens with one attached hydrogen (secondary N) is 1. The van der Waals surface area contributed by atoms with Gasteiger partial charge < -0.3 is 10.1 Å². The second kappa shape index (κ2) is 4.84. The van der Waals surface area contributed by atoms with E-state index in [1.807, 2.05) is 0 Å². The average Bonchev–Trinajstić information content (AvgIpc) is 2.38. The molecule has 0 aromatic rings. The van der Waals surface area contributed by atoms with Gasteiger partial charge in [-0.15, -0.1) is 0 Å². The third-order valence-corrected chi connectivity index (χ3v) is 6.30. The van der Waals surface area contributed by atoms with Crippen LogP contribution in [0.25, 0.3) is 0 Å². The quantitative estimate of drug-likeness (QED) is 0.732. The van der Waals surface area contributed by atoms with E-state index in [9.17, 15) is 8.42 Å². The van der Waals surface area contributed by atoms with Crippen molar-refractivity contribution >= 4 is 10.0 Å². The molecule has 0 amide bonds. The molecule has 0 saturated carbocycles. The van der Waals surface area contributed by atoms with Crippen molar-refractivity contribution in [3.63, 3.8) is 0 Å². The first-order valence-electron chi connectivity index (χ1n) is 6.25. The molecule has 6 heteroatoms. The first-order chi connectivity index (χ1) is 7.95. The van der Waals surface area contributed by atoms with Crippen LogP contribution in [-0.4, -0.2) is 56.4 Å².